The van der Waals surface area contributed by atoms with E-state index in [-0.39, 0.29) is 5.97 Å². The van der Waals surface area contributed by atoms with Crippen LogP contribution in [0, 0.1) is 0 Å². The molecule has 0 bridgehead atoms. The summed E-state index contributed by atoms with van der Waals surface area (Å²) in [4.78, 5) is 12.3. The van der Waals surface area contributed by atoms with Gasteiger partial charge < -0.3 is 4.74 Å². The lowest BCUT2D eigenvalue weighted by atomic mass is 10.1. The Morgan fingerprint density at radius 1 is 1.41 bits per heavy atom. The zero-order valence-corrected chi connectivity index (χ0v) is 10.5. The van der Waals surface area contributed by atoms with E-state index in [9.17, 15) is 4.79 Å². The lowest BCUT2D eigenvalue weighted by Crippen LogP contribution is -2.01. The molecule has 2 nitrogen and oxygen atoms in total. The van der Waals surface area contributed by atoms with Crippen molar-refractivity contribution in [1.82, 2.24) is 0 Å². The van der Waals surface area contributed by atoms with Crippen molar-refractivity contribution in [2.75, 3.05) is 6.61 Å². The maximum atomic E-state index is 11.6. The number of rotatable bonds is 3. The molecule has 0 spiro atoms. The van der Waals surface area contributed by atoms with Crippen LogP contribution < -0.4 is 0 Å². The summed E-state index contributed by atoms with van der Waals surface area (Å²) in [5, 5.41) is 1.14. The first-order valence-corrected chi connectivity index (χ1v) is 6.80. The van der Waals surface area contributed by atoms with Gasteiger partial charge in [-0.1, -0.05) is 12.1 Å². The van der Waals surface area contributed by atoms with Gasteiger partial charge in [-0.3, -0.25) is 0 Å². The standard InChI is InChI=1S/C14H14O2S/c1-2-16-14(15)13-8-11-6-5-10(9-3-4-9)7-12(11)17-13/h5-9H,2-4H2,1H3. The summed E-state index contributed by atoms with van der Waals surface area (Å²) in [6, 6.07) is 8.44. The molecule has 2 aromatic rings. The molecule has 0 amide bonds. The third-order valence-corrected chi connectivity index (χ3v) is 4.15. The molecule has 88 valence electrons. The predicted octanol–water partition coefficient (Wildman–Crippen LogP) is 3.96. The summed E-state index contributed by atoms with van der Waals surface area (Å²) >= 11 is 1.53. The van der Waals surface area contributed by atoms with Gasteiger partial charge in [0.05, 0.1) is 6.61 Å². The number of hydrogen-bond acceptors (Lipinski definition) is 3. The highest BCUT2D eigenvalue weighted by Gasteiger charge is 2.23. The Kier molecular flexibility index (Phi) is 2.63. The molecule has 1 aromatic heterocycles. The molecule has 3 heteroatoms. The number of carbonyl (C=O) groups excluding carboxylic acids is 1. The molecule has 1 fully saturated rings. The van der Waals surface area contributed by atoms with Crippen molar-refractivity contribution in [2.24, 2.45) is 0 Å². The fourth-order valence-electron chi connectivity index (χ4n) is 2.02. The second kappa shape index (κ2) is 4.15. The molecule has 1 aliphatic carbocycles. The summed E-state index contributed by atoms with van der Waals surface area (Å²) in [5.41, 5.74) is 1.41. The second-order valence-corrected chi connectivity index (χ2v) is 5.49. The number of fused-ring (bicyclic) bond motifs is 1. The van der Waals surface area contributed by atoms with Crippen LogP contribution in [0.25, 0.3) is 10.1 Å². The number of thiophene rings is 1. The molecule has 1 saturated carbocycles. The van der Waals surface area contributed by atoms with Crippen molar-refractivity contribution in [3.05, 3.63) is 34.7 Å². The Balaban J connectivity index is 1.97. The van der Waals surface area contributed by atoms with Crippen LogP contribution in [0.15, 0.2) is 24.3 Å². The van der Waals surface area contributed by atoms with Crippen molar-refractivity contribution in [2.45, 2.75) is 25.7 Å². The summed E-state index contributed by atoms with van der Waals surface area (Å²) in [5.74, 6) is 0.550. The van der Waals surface area contributed by atoms with Crippen molar-refractivity contribution < 1.29 is 9.53 Å². The lowest BCUT2D eigenvalue weighted by Gasteiger charge is -1.96. The number of hydrogen-bond donors (Lipinski definition) is 0. The van der Waals surface area contributed by atoms with Gasteiger partial charge in [0.15, 0.2) is 0 Å². The maximum absolute atomic E-state index is 11.6. The van der Waals surface area contributed by atoms with Crippen LogP contribution in [0.1, 0.15) is 40.9 Å². The van der Waals surface area contributed by atoms with Gasteiger partial charge >= 0.3 is 5.97 Å². The SMILES string of the molecule is CCOC(=O)c1cc2ccc(C3CC3)cc2s1. The van der Waals surface area contributed by atoms with Gasteiger partial charge in [0.25, 0.3) is 0 Å². The molecule has 3 rings (SSSR count). The third-order valence-electron chi connectivity index (χ3n) is 3.07. The number of ether oxygens (including phenoxy) is 1. The van der Waals surface area contributed by atoms with Crippen molar-refractivity contribution >= 4 is 27.4 Å². The Hall–Kier alpha value is -1.35. The van der Waals surface area contributed by atoms with Crippen LogP contribution in [0.3, 0.4) is 0 Å². The average Bonchev–Trinajstić information content (AvgIpc) is 3.08. The highest BCUT2D eigenvalue weighted by Crippen LogP contribution is 2.41. The summed E-state index contributed by atoms with van der Waals surface area (Å²) in [6.45, 7) is 2.26. The van der Waals surface area contributed by atoms with Crippen LogP contribution in [-0.4, -0.2) is 12.6 Å². The first-order chi connectivity index (χ1) is 8.28. The average molecular weight is 246 g/mol. The molecule has 0 radical (unpaired) electrons. The summed E-state index contributed by atoms with van der Waals surface area (Å²) in [6.07, 6.45) is 2.61. The van der Waals surface area contributed by atoms with E-state index < -0.39 is 0 Å². The molecule has 1 aliphatic rings. The molecule has 0 atom stereocenters. The van der Waals surface area contributed by atoms with E-state index in [1.54, 1.807) is 0 Å². The van der Waals surface area contributed by atoms with Gasteiger partial charge in [-0.2, -0.15) is 0 Å². The van der Waals surface area contributed by atoms with Gasteiger partial charge in [0.2, 0.25) is 0 Å². The summed E-state index contributed by atoms with van der Waals surface area (Å²) in [7, 11) is 0. The minimum absolute atomic E-state index is 0.207. The molecular formula is C14H14O2S. The summed E-state index contributed by atoms with van der Waals surface area (Å²) < 4.78 is 6.21. The fourth-order valence-corrected chi connectivity index (χ4v) is 3.03. The van der Waals surface area contributed by atoms with E-state index in [1.165, 1.54) is 34.4 Å². The van der Waals surface area contributed by atoms with E-state index in [1.807, 2.05) is 13.0 Å². The van der Waals surface area contributed by atoms with Gasteiger partial charge in [0.1, 0.15) is 4.88 Å². The van der Waals surface area contributed by atoms with Crippen LogP contribution >= 0.6 is 11.3 Å². The topological polar surface area (TPSA) is 26.3 Å². The largest absolute Gasteiger partial charge is 0.462 e. The minimum Gasteiger partial charge on any atom is -0.462 e. The predicted molar refractivity (Wildman–Crippen MR) is 69.8 cm³/mol. The first-order valence-electron chi connectivity index (χ1n) is 5.98. The molecule has 1 heterocycles. The van der Waals surface area contributed by atoms with Gasteiger partial charge in [-0.05, 0) is 48.8 Å². The Labute approximate surface area is 104 Å². The quantitative estimate of drug-likeness (QED) is 0.766. The lowest BCUT2D eigenvalue weighted by molar-refractivity contribution is 0.0532. The van der Waals surface area contributed by atoms with Crippen LogP contribution in [0.4, 0.5) is 0 Å². The minimum atomic E-state index is -0.207. The highest BCUT2D eigenvalue weighted by molar-refractivity contribution is 7.20. The third kappa shape index (κ3) is 2.07. The molecule has 1 aromatic carbocycles. The van der Waals surface area contributed by atoms with E-state index in [0.29, 0.717) is 11.5 Å². The normalized spacial score (nSPS) is 15.1. The van der Waals surface area contributed by atoms with Gasteiger partial charge in [-0.15, -0.1) is 11.3 Å². The van der Waals surface area contributed by atoms with Crippen molar-refractivity contribution in [1.29, 1.82) is 0 Å². The van der Waals surface area contributed by atoms with Crippen molar-refractivity contribution in [3.63, 3.8) is 0 Å². The Morgan fingerprint density at radius 2 is 2.24 bits per heavy atom. The van der Waals surface area contributed by atoms with Crippen LogP contribution in [0.2, 0.25) is 0 Å². The monoisotopic (exact) mass is 246 g/mol. The molecule has 0 N–H and O–H groups in total. The van der Waals surface area contributed by atoms with E-state index >= 15 is 0 Å². The number of carbonyl (C=O) groups is 1. The van der Waals surface area contributed by atoms with Crippen LogP contribution in [0.5, 0.6) is 0 Å². The smallest absolute Gasteiger partial charge is 0.348 e. The molecular weight excluding hydrogens is 232 g/mol. The second-order valence-electron chi connectivity index (χ2n) is 4.40. The van der Waals surface area contributed by atoms with Crippen molar-refractivity contribution in [3.8, 4) is 0 Å². The zero-order valence-electron chi connectivity index (χ0n) is 9.73. The molecule has 17 heavy (non-hydrogen) atoms. The van der Waals surface area contributed by atoms with Gasteiger partial charge in [0, 0.05) is 4.70 Å². The van der Waals surface area contributed by atoms with Crippen LogP contribution in [-0.2, 0) is 4.74 Å². The molecule has 0 unspecified atom stereocenters. The molecule has 0 saturated heterocycles. The Bertz CT molecular complexity index is 567. The Morgan fingerprint density at radius 3 is 2.94 bits per heavy atom. The molecule has 0 aliphatic heterocycles. The first kappa shape index (κ1) is 10.8. The fraction of sp³-hybridized carbons (Fsp3) is 0.357. The maximum Gasteiger partial charge on any atom is 0.348 e. The zero-order chi connectivity index (χ0) is 11.8. The van der Waals surface area contributed by atoms with Gasteiger partial charge in [-0.25, -0.2) is 4.79 Å². The van der Waals surface area contributed by atoms with E-state index in [2.05, 4.69) is 18.2 Å². The number of esters is 1. The number of benzene rings is 1. The van der Waals surface area contributed by atoms with E-state index in [4.69, 9.17) is 4.74 Å². The highest BCUT2D eigenvalue weighted by atomic mass is 32.1. The van der Waals surface area contributed by atoms with E-state index in [0.717, 1.165) is 11.3 Å².